The minimum Gasteiger partial charge on any atom is -0.463 e. The van der Waals surface area contributed by atoms with Gasteiger partial charge in [-0.3, -0.25) is 19.2 Å². The Labute approximate surface area is 173 Å². The van der Waals surface area contributed by atoms with E-state index in [0.29, 0.717) is 5.75 Å². The van der Waals surface area contributed by atoms with E-state index in [0.717, 1.165) is 0 Å². The van der Waals surface area contributed by atoms with Crippen LogP contribution in [-0.4, -0.2) is 61.1 Å². The van der Waals surface area contributed by atoms with Crippen molar-refractivity contribution in [3.63, 3.8) is 0 Å². The average Bonchev–Trinajstić information content (AvgIpc) is 2.64. The summed E-state index contributed by atoms with van der Waals surface area (Å²) in [6.07, 6.45) is -4.45. The number of hydrogen-bond donors (Lipinski definition) is 1. The van der Waals surface area contributed by atoms with Gasteiger partial charge in [-0.15, -0.1) is 0 Å². The van der Waals surface area contributed by atoms with Crippen molar-refractivity contribution in [3.8, 4) is 5.75 Å². The number of para-hydroxylation sites is 1. The fourth-order valence-corrected chi connectivity index (χ4v) is 3.02. The Bertz CT molecular complexity index is 767. The molecule has 1 saturated heterocycles. The Morgan fingerprint density at radius 3 is 2.03 bits per heavy atom. The Balaban J connectivity index is 2.42. The molecule has 164 valence electrons. The molecule has 1 N–H and O–H groups in total. The highest BCUT2D eigenvalue weighted by Crippen LogP contribution is 2.29. The maximum Gasteiger partial charge on any atom is 0.303 e. The van der Waals surface area contributed by atoms with E-state index >= 15 is 0 Å². The summed E-state index contributed by atoms with van der Waals surface area (Å²) in [5.74, 6) is -1.93. The van der Waals surface area contributed by atoms with Crippen molar-refractivity contribution in [1.29, 1.82) is 0 Å². The predicted molar refractivity (Wildman–Crippen MR) is 101 cm³/mol. The number of benzene rings is 1. The zero-order valence-corrected chi connectivity index (χ0v) is 17.2. The molecule has 1 heterocycles. The zero-order chi connectivity index (χ0) is 22.3. The quantitative estimate of drug-likeness (QED) is 0.498. The summed E-state index contributed by atoms with van der Waals surface area (Å²) < 4.78 is 27.5. The lowest BCUT2D eigenvalue weighted by molar-refractivity contribution is -0.257. The fourth-order valence-electron chi connectivity index (χ4n) is 3.02. The maximum atomic E-state index is 11.8. The van der Waals surface area contributed by atoms with Crippen LogP contribution in [0, 0.1) is 0 Å². The smallest absolute Gasteiger partial charge is 0.303 e. The summed E-state index contributed by atoms with van der Waals surface area (Å²) in [7, 11) is 0. The molecule has 0 aromatic heterocycles. The van der Waals surface area contributed by atoms with Gasteiger partial charge in [0.05, 0.1) is 0 Å². The van der Waals surface area contributed by atoms with Crippen molar-refractivity contribution in [3.05, 3.63) is 30.3 Å². The predicted octanol–water partition coefficient (Wildman–Crippen LogP) is 0.721. The average molecular weight is 423 g/mol. The van der Waals surface area contributed by atoms with Crippen LogP contribution in [0.1, 0.15) is 27.7 Å². The van der Waals surface area contributed by atoms with Crippen LogP contribution < -0.4 is 10.1 Å². The van der Waals surface area contributed by atoms with Gasteiger partial charge in [0.2, 0.25) is 12.2 Å². The molecule has 0 unspecified atom stereocenters. The number of hydrogen-bond acceptors (Lipinski definition) is 9. The van der Waals surface area contributed by atoms with E-state index in [9.17, 15) is 19.2 Å². The van der Waals surface area contributed by atoms with E-state index in [1.807, 2.05) is 0 Å². The molecule has 0 saturated carbocycles. The second-order valence-corrected chi connectivity index (χ2v) is 6.65. The molecular formula is C20H25NO9. The molecule has 1 aromatic rings. The van der Waals surface area contributed by atoms with Crippen molar-refractivity contribution >= 4 is 23.8 Å². The van der Waals surface area contributed by atoms with E-state index in [-0.39, 0.29) is 6.61 Å². The second kappa shape index (κ2) is 10.6. The lowest BCUT2D eigenvalue weighted by Gasteiger charge is -2.44. The van der Waals surface area contributed by atoms with E-state index < -0.39 is 54.5 Å². The maximum absolute atomic E-state index is 11.8. The SMILES string of the molecule is CC(=O)N[C@H]1[C@H](Oc2ccccc2)O[C@H](COC(C)=O)[C@H](OC(C)=O)[C@@H]1OC(C)=O. The summed E-state index contributed by atoms with van der Waals surface area (Å²) in [6.45, 7) is 4.56. The van der Waals surface area contributed by atoms with E-state index in [1.54, 1.807) is 30.3 Å². The Hall–Kier alpha value is -3.14. The first kappa shape index (κ1) is 23.1. The molecule has 1 aliphatic heterocycles. The Morgan fingerprint density at radius 1 is 0.900 bits per heavy atom. The molecule has 5 atom stereocenters. The minimum atomic E-state index is -1.15. The summed E-state index contributed by atoms with van der Waals surface area (Å²) in [5, 5.41) is 2.63. The van der Waals surface area contributed by atoms with Gasteiger partial charge >= 0.3 is 17.9 Å². The van der Waals surface area contributed by atoms with Crippen LogP contribution in [0.5, 0.6) is 5.75 Å². The van der Waals surface area contributed by atoms with Crippen molar-refractivity contribution < 1.29 is 42.9 Å². The number of ether oxygens (including phenoxy) is 5. The molecule has 0 radical (unpaired) electrons. The van der Waals surface area contributed by atoms with Gasteiger partial charge in [0.15, 0.2) is 12.2 Å². The summed E-state index contributed by atoms with van der Waals surface area (Å²) in [4.78, 5) is 46.6. The normalized spacial score (nSPS) is 25.5. The van der Waals surface area contributed by atoms with Gasteiger partial charge in [-0.25, -0.2) is 0 Å². The molecule has 0 bridgehead atoms. The van der Waals surface area contributed by atoms with Crippen molar-refractivity contribution in [2.24, 2.45) is 0 Å². The summed E-state index contributed by atoms with van der Waals surface area (Å²) >= 11 is 0. The van der Waals surface area contributed by atoms with Gasteiger partial charge in [-0.2, -0.15) is 0 Å². The lowest BCUT2D eigenvalue weighted by atomic mass is 9.96. The Morgan fingerprint density at radius 2 is 1.50 bits per heavy atom. The first-order chi connectivity index (χ1) is 14.2. The molecule has 0 aliphatic carbocycles. The first-order valence-corrected chi connectivity index (χ1v) is 9.29. The van der Waals surface area contributed by atoms with Crippen LogP contribution >= 0.6 is 0 Å². The topological polar surface area (TPSA) is 126 Å². The molecule has 1 aromatic carbocycles. The number of carbonyl (C=O) groups excluding carboxylic acids is 4. The minimum absolute atomic E-state index is 0.285. The number of rotatable bonds is 7. The standard InChI is InChI=1S/C20H25NO9/c1-11(22)21-17-19(28-14(4)25)18(27-13(3)24)16(10-26-12(2)23)30-20(17)29-15-8-6-5-7-9-15/h5-9,16-20H,10H2,1-4H3,(H,21,22)/t16-,17-,18+,19-,20-/m1/s1. The molecule has 10 nitrogen and oxygen atoms in total. The largest absolute Gasteiger partial charge is 0.463 e. The summed E-state index contributed by atoms with van der Waals surface area (Å²) in [6, 6.07) is 7.62. The van der Waals surface area contributed by atoms with Crippen LogP contribution in [0.2, 0.25) is 0 Å². The molecular weight excluding hydrogens is 398 g/mol. The molecule has 1 amide bonds. The van der Waals surface area contributed by atoms with E-state index in [2.05, 4.69) is 5.32 Å². The van der Waals surface area contributed by atoms with Gasteiger partial charge in [-0.1, -0.05) is 18.2 Å². The van der Waals surface area contributed by atoms with Gasteiger partial charge in [0.1, 0.15) is 24.5 Å². The van der Waals surface area contributed by atoms with Gasteiger partial charge < -0.3 is 29.0 Å². The van der Waals surface area contributed by atoms with Crippen LogP contribution in [-0.2, 0) is 38.1 Å². The second-order valence-electron chi connectivity index (χ2n) is 6.65. The van der Waals surface area contributed by atoms with Gasteiger partial charge in [-0.05, 0) is 12.1 Å². The summed E-state index contributed by atoms with van der Waals surface area (Å²) in [5.41, 5.74) is 0. The van der Waals surface area contributed by atoms with Gasteiger partial charge in [0, 0.05) is 27.7 Å². The van der Waals surface area contributed by atoms with Crippen LogP contribution in [0.3, 0.4) is 0 Å². The van der Waals surface area contributed by atoms with Crippen LogP contribution in [0.4, 0.5) is 0 Å². The lowest BCUT2D eigenvalue weighted by Crippen LogP contribution is -2.67. The third-order valence-electron chi connectivity index (χ3n) is 4.07. The Kier molecular flexibility index (Phi) is 8.16. The molecule has 2 rings (SSSR count). The highest BCUT2D eigenvalue weighted by Gasteiger charge is 2.51. The van der Waals surface area contributed by atoms with Crippen molar-refractivity contribution in [2.75, 3.05) is 6.61 Å². The molecule has 10 heteroatoms. The van der Waals surface area contributed by atoms with Crippen molar-refractivity contribution in [1.82, 2.24) is 5.32 Å². The highest BCUT2D eigenvalue weighted by molar-refractivity contribution is 5.73. The number of esters is 3. The monoisotopic (exact) mass is 423 g/mol. The number of nitrogens with one attached hydrogen (secondary N) is 1. The van der Waals surface area contributed by atoms with E-state index in [4.69, 9.17) is 23.7 Å². The number of amides is 1. The molecule has 1 aliphatic rings. The van der Waals surface area contributed by atoms with Crippen molar-refractivity contribution in [2.45, 2.75) is 58.3 Å². The third kappa shape index (κ3) is 6.73. The zero-order valence-electron chi connectivity index (χ0n) is 17.2. The molecule has 30 heavy (non-hydrogen) atoms. The highest BCUT2D eigenvalue weighted by atomic mass is 16.7. The molecule has 0 spiro atoms. The number of carbonyl (C=O) groups is 4. The van der Waals surface area contributed by atoms with Crippen LogP contribution in [0.25, 0.3) is 0 Å². The van der Waals surface area contributed by atoms with Gasteiger partial charge in [0.25, 0.3) is 0 Å². The van der Waals surface area contributed by atoms with Crippen LogP contribution in [0.15, 0.2) is 30.3 Å². The third-order valence-corrected chi connectivity index (χ3v) is 4.07. The van der Waals surface area contributed by atoms with E-state index in [1.165, 1.54) is 27.7 Å². The first-order valence-electron chi connectivity index (χ1n) is 9.29. The fraction of sp³-hybridized carbons (Fsp3) is 0.500. The molecule has 1 fully saturated rings.